The number of ether oxygens (including phenoxy) is 1. The fourth-order valence-corrected chi connectivity index (χ4v) is 5.18. The van der Waals surface area contributed by atoms with Gasteiger partial charge in [0.1, 0.15) is 5.75 Å². The van der Waals surface area contributed by atoms with Gasteiger partial charge in [0, 0.05) is 5.69 Å². The number of methoxy groups -OCH3 is 1. The van der Waals surface area contributed by atoms with Crippen LogP contribution >= 0.6 is 0 Å². The zero-order chi connectivity index (χ0) is 20.9. The average Bonchev–Trinajstić information content (AvgIpc) is 2.80. The lowest BCUT2D eigenvalue weighted by Crippen LogP contribution is -2.09. The van der Waals surface area contributed by atoms with Gasteiger partial charge in [-0.2, -0.15) is 0 Å². The minimum absolute atomic E-state index is 0.233. The largest absolute Gasteiger partial charge is 0.495 e. The summed E-state index contributed by atoms with van der Waals surface area (Å²) in [4.78, 5) is 11.3. The van der Waals surface area contributed by atoms with E-state index in [1.807, 2.05) is 0 Å². The molecular weight excluding hydrogens is 374 g/mol. The van der Waals surface area contributed by atoms with Crippen molar-refractivity contribution < 1.29 is 14.6 Å². The third-order valence-electron chi connectivity index (χ3n) is 6.86. The predicted molar refractivity (Wildman–Crippen MR) is 121 cm³/mol. The van der Waals surface area contributed by atoms with E-state index in [2.05, 4.69) is 23.5 Å². The van der Waals surface area contributed by atoms with Crippen molar-refractivity contribution in [3.05, 3.63) is 53.1 Å². The summed E-state index contributed by atoms with van der Waals surface area (Å²) in [5, 5.41) is 12.8. The molecular formula is C26H33NO3. The molecule has 0 heterocycles. The smallest absolute Gasteiger partial charge is 0.335 e. The van der Waals surface area contributed by atoms with Gasteiger partial charge in [0.25, 0.3) is 0 Å². The average molecular weight is 408 g/mol. The zero-order valence-electron chi connectivity index (χ0n) is 18.0. The predicted octanol–water partition coefficient (Wildman–Crippen LogP) is 7.23. The lowest BCUT2D eigenvalue weighted by Gasteiger charge is -2.27. The third kappa shape index (κ3) is 4.80. The summed E-state index contributed by atoms with van der Waals surface area (Å²) < 4.78 is 5.48. The fourth-order valence-electron chi connectivity index (χ4n) is 5.18. The SMILES string of the molecule is COc1cc(C(=O)O)ccc1Nc1cc(C2CCCCC2)cc(C2CCCCC2)c1. The minimum Gasteiger partial charge on any atom is -0.495 e. The number of carbonyl (C=O) groups is 1. The van der Waals surface area contributed by atoms with E-state index in [9.17, 15) is 9.90 Å². The summed E-state index contributed by atoms with van der Waals surface area (Å²) in [6.45, 7) is 0. The van der Waals surface area contributed by atoms with Gasteiger partial charge < -0.3 is 15.2 Å². The number of benzene rings is 2. The van der Waals surface area contributed by atoms with Gasteiger partial charge in [-0.25, -0.2) is 4.79 Å². The van der Waals surface area contributed by atoms with Crippen LogP contribution in [0.25, 0.3) is 0 Å². The van der Waals surface area contributed by atoms with E-state index < -0.39 is 5.97 Å². The molecule has 0 spiro atoms. The van der Waals surface area contributed by atoms with Crippen LogP contribution in [0.3, 0.4) is 0 Å². The molecule has 2 aliphatic carbocycles. The summed E-state index contributed by atoms with van der Waals surface area (Å²) in [7, 11) is 1.58. The number of hydrogen-bond donors (Lipinski definition) is 2. The lowest BCUT2D eigenvalue weighted by atomic mass is 9.79. The van der Waals surface area contributed by atoms with Crippen molar-refractivity contribution in [2.75, 3.05) is 12.4 Å². The van der Waals surface area contributed by atoms with Gasteiger partial charge in [-0.15, -0.1) is 0 Å². The second kappa shape index (κ2) is 9.55. The van der Waals surface area contributed by atoms with Crippen LogP contribution in [0.5, 0.6) is 5.75 Å². The molecule has 2 N–H and O–H groups in total. The molecule has 160 valence electrons. The molecule has 0 amide bonds. The van der Waals surface area contributed by atoms with E-state index >= 15 is 0 Å². The van der Waals surface area contributed by atoms with Crippen LogP contribution in [0.15, 0.2) is 36.4 Å². The molecule has 4 heteroatoms. The standard InChI is InChI=1S/C26H33NO3/c1-30-25-17-20(26(28)29)12-13-24(25)27-23-15-21(18-8-4-2-5-9-18)14-22(16-23)19-10-6-3-7-11-19/h12-19,27H,2-11H2,1H3,(H,28,29). The van der Waals surface area contributed by atoms with Crippen molar-refractivity contribution in [3.63, 3.8) is 0 Å². The summed E-state index contributed by atoms with van der Waals surface area (Å²) in [6, 6.07) is 12.1. The van der Waals surface area contributed by atoms with Gasteiger partial charge >= 0.3 is 5.97 Å². The molecule has 2 aliphatic rings. The summed E-state index contributed by atoms with van der Waals surface area (Å²) in [5.74, 6) is 0.911. The number of carboxylic acid groups (broad SMARTS) is 1. The number of nitrogens with one attached hydrogen (secondary N) is 1. The first-order chi connectivity index (χ1) is 14.6. The van der Waals surface area contributed by atoms with Crippen molar-refractivity contribution in [3.8, 4) is 5.75 Å². The van der Waals surface area contributed by atoms with Crippen molar-refractivity contribution in [1.82, 2.24) is 0 Å². The summed E-state index contributed by atoms with van der Waals surface area (Å²) in [6.07, 6.45) is 13.1. The number of hydrogen-bond acceptors (Lipinski definition) is 3. The Morgan fingerprint density at radius 3 is 1.93 bits per heavy atom. The Hall–Kier alpha value is -2.49. The molecule has 30 heavy (non-hydrogen) atoms. The number of carboxylic acids is 1. The van der Waals surface area contributed by atoms with E-state index in [4.69, 9.17) is 4.74 Å². The number of anilines is 2. The Morgan fingerprint density at radius 2 is 1.43 bits per heavy atom. The maximum atomic E-state index is 11.3. The molecule has 0 unspecified atom stereocenters. The molecule has 0 aliphatic heterocycles. The highest BCUT2D eigenvalue weighted by molar-refractivity contribution is 5.89. The first kappa shape index (κ1) is 20.8. The normalized spacial score (nSPS) is 18.2. The van der Waals surface area contributed by atoms with Crippen molar-refractivity contribution in [1.29, 1.82) is 0 Å². The molecule has 4 nitrogen and oxygen atoms in total. The van der Waals surface area contributed by atoms with E-state index in [0.29, 0.717) is 17.6 Å². The summed E-state index contributed by atoms with van der Waals surface area (Å²) >= 11 is 0. The quantitative estimate of drug-likeness (QED) is 0.530. The first-order valence-corrected chi connectivity index (χ1v) is 11.5. The molecule has 0 aromatic heterocycles. The molecule has 0 radical (unpaired) electrons. The monoisotopic (exact) mass is 407 g/mol. The van der Waals surface area contributed by atoms with E-state index in [-0.39, 0.29) is 5.56 Å². The van der Waals surface area contributed by atoms with Gasteiger partial charge in [-0.1, -0.05) is 44.6 Å². The Bertz CT molecular complexity index is 844. The lowest BCUT2D eigenvalue weighted by molar-refractivity contribution is 0.0696. The maximum Gasteiger partial charge on any atom is 0.335 e. The van der Waals surface area contributed by atoms with Crippen LogP contribution in [0, 0.1) is 0 Å². The van der Waals surface area contributed by atoms with Crippen molar-refractivity contribution in [2.24, 2.45) is 0 Å². The molecule has 4 rings (SSSR count). The first-order valence-electron chi connectivity index (χ1n) is 11.5. The van der Waals surface area contributed by atoms with E-state index in [1.165, 1.54) is 75.3 Å². The van der Waals surface area contributed by atoms with Gasteiger partial charge in [-0.3, -0.25) is 0 Å². The molecule has 0 saturated heterocycles. The number of rotatable bonds is 6. The molecule has 0 bridgehead atoms. The van der Waals surface area contributed by atoms with Crippen LogP contribution < -0.4 is 10.1 Å². The van der Waals surface area contributed by atoms with Gasteiger partial charge in [0.15, 0.2) is 0 Å². The third-order valence-corrected chi connectivity index (χ3v) is 6.86. The van der Waals surface area contributed by atoms with Crippen LogP contribution in [-0.2, 0) is 0 Å². The zero-order valence-corrected chi connectivity index (χ0v) is 18.0. The van der Waals surface area contributed by atoms with E-state index in [1.54, 1.807) is 25.3 Å². The number of aromatic carboxylic acids is 1. The van der Waals surface area contributed by atoms with Crippen molar-refractivity contribution >= 4 is 17.3 Å². The highest BCUT2D eigenvalue weighted by Crippen LogP contribution is 2.40. The minimum atomic E-state index is -0.946. The van der Waals surface area contributed by atoms with Gasteiger partial charge in [-0.05, 0) is 79.0 Å². The topological polar surface area (TPSA) is 58.6 Å². The fraction of sp³-hybridized carbons (Fsp3) is 0.500. The van der Waals surface area contributed by atoms with Gasteiger partial charge in [0.05, 0.1) is 18.4 Å². The molecule has 2 saturated carbocycles. The molecule has 0 atom stereocenters. The Kier molecular flexibility index (Phi) is 6.61. The molecule has 2 fully saturated rings. The van der Waals surface area contributed by atoms with Crippen LogP contribution in [0.2, 0.25) is 0 Å². The van der Waals surface area contributed by atoms with Crippen LogP contribution in [0.1, 0.15) is 97.5 Å². The summed E-state index contributed by atoms with van der Waals surface area (Å²) in [5.41, 5.74) is 5.04. The van der Waals surface area contributed by atoms with Crippen molar-refractivity contribution in [2.45, 2.75) is 76.0 Å². The maximum absolute atomic E-state index is 11.3. The van der Waals surface area contributed by atoms with Crippen LogP contribution in [-0.4, -0.2) is 18.2 Å². The second-order valence-corrected chi connectivity index (χ2v) is 8.90. The molecule has 2 aromatic rings. The Labute approximate surface area is 179 Å². The Balaban J connectivity index is 1.66. The Morgan fingerprint density at radius 1 is 0.867 bits per heavy atom. The van der Waals surface area contributed by atoms with Crippen LogP contribution in [0.4, 0.5) is 11.4 Å². The highest BCUT2D eigenvalue weighted by atomic mass is 16.5. The van der Waals surface area contributed by atoms with Gasteiger partial charge in [0.2, 0.25) is 0 Å². The highest BCUT2D eigenvalue weighted by Gasteiger charge is 2.21. The second-order valence-electron chi connectivity index (χ2n) is 8.90. The molecule has 2 aromatic carbocycles. The van der Waals surface area contributed by atoms with E-state index in [0.717, 1.165) is 11.4 Å².